The zero-order chi connectivity index (χ0) is 25.3. The summed E-state index contributed by atoms with van der Waals surface area (Å²) in [5, 5.41) is 6.17. The minimum absolute atomic E-state index is 0.0249. The van der Waals surface area contributed by atoms with E-state index in [0.29, 0.717) is 35.2 Å². The van der Waals surface area contributed by atoms with E-state index in [1.54, 1.807) is 0 Å². The summed E-state index contributed by atoms with van der Waals surface area (Å²) in [5.74, 6) is -2.09. The minimum atomic E-state index is -4.89. The van der Waals surface area contributed by atoms with Crippen molar-refractivity contribution in [3.63, 3.8) is 0 Å². The van der Waals surface area contributed by atoms with Gasteiger partial charge in [0.2, 0.25) is 0 Å². The summed E-state index contributed by atoms with van der Waals surface area (Å²) in [6, 6.07) is 6.41. The number of ether oxygens (including phenoxy) is 1. The highest BCUT2D eigenvalue weighted by molar-refractivity contribution is 6.06. The Labute approximate surface area is 195 Å². The number of esters is 1. The number of halogens is 3. The number of aryl methyl sites for hydroxylation is 1. The van der Waals surface area contributed by atoms with Crippen LogP contribution in [0.2, 0.25) is 0 Å². The number of nitrogens with zero attached hydrogens (tertiary/aromatic N) is 2. The van der Waals surface area contributed by atoms with E-state index in [0.717, 1.165) is 6.20 Å². The molecule has 1 amide bonds. The van der Waals surface area contributed by atoms with Gasteiger partial charge in [-0.2, -0.15) is 18.3 Å². The number of carbonyl (C=O) groups excluding carboxylic acids is 3. The van der Waals surface area contributed by atoms with Crippen LogP contribution in [0.1, 0.15) is 62.2 Å². The Balaban J connectivity index is 1.60. The molecule has 0 aliphatic heterocycles. The fraction of sp³-hybridized carbons (Fsp3) is 0.261. The maximum atomic E-state index is 13.7. The van der Waals surface area contributed by atoms with Crippen molar-refractivity contribution in [2.45, 2.75) is 32.4 Å². The van der Waals surface area contributed by atoms with Gasteiger partial charge in [-0.1, -0.05) is 0 Å². The first-order valence-corrected chi connectivity index (χ1v) is 10.6. The number of alkyl halides is 3. The van der Waals surface area contributed by atoms with E-state index < -0.39 is 34.9 Å². The molecule has 0 bridgehead atoms. The second-order valence-electron chi connectivity index (χ2n) is 7.72. The molecule has 0 atom stereocenters. The van der Waals surface area contributed by atoms with Crippen molar-refractivity contribution in [1.29, 1.82) is 0 Å². The zero-order valence-corrected chi connectivity index (χ0v) is 18.4. The number of pyridine rings is 1. The Hall–Kier alpha value is -4.22. The van der Waals surface area contributed by atoms with E-state index in [4.69, 9.17) is 0 Å². The number of fused-ring (bicyclic) bond motifs is 1. The number of benzene rings is 1. The van der Waals surface area contributed by atoms with Gasteiger partial charge in [0.1, 0.15) is 11.1 Å². The van der Waals surface area contributed by atoms with Gasteiger partial charge < -0.3 is 15.0 Å². The van der Waals surface area contributed by atoms with Gasteiger partial charge in [0, 0.05) is 23.4 Å². The SMILES string of the molecule is CCOC(=O)c1cnn(-c2ccc(NC(=O)c3cc4c([nH]c3=O)CCCC4=O)cc2)c1C(F)(F)F. The maximum absolute atomic E-state index is 13.7. The summed E-state index contributed by atoms with van der Waals surface area (Å²) in [6.45, 7) is 1.37. The van der Waals surface area contributed by atoms with Crippen LogP contribution in [0.3, 0.4) is 0 Å². The van der Waals surface area contributed by atoms with E-state index in [1.807, 2.05) is 0 Å². The number of rotatable bonds is 5. The molecule has 0 fully saturated rings. The van der Waals surface area contributed by atoms with Crippen molar-refractivity contribution in [2.24, 2.45) is 0 Å². The molecule has 12 heteroatoms. The number of carbonyl (C=O) groups is 3. The van der Waals surface area contributed by atoms with Crippen molar-refractivity contribution in [2.75, 3.05) is 11.9 Å². The van der Waals surface area contributed by atoms with Gasteiger partial charge in [-0.3, -0.25) is 14.4 Å². The molecule has 0 saturated carbocycles. The highest BCUT2D eigenvalue weighted by Gasteiger charge is 2.41. The van der Waals surface area contributed by atoms with Crippen LogP contribution in [0.4, 0.5) is 18.9 Å². The third-order valence-electron chi connectivity index (χ3n) is 5.40. The fourth-order valence-electron chi connectivity index (χ4n) is 3.80. The van der Waals surface area contributed by atoms with Crippen molar-refractivity contribution < 1.29 is 32.3 Å². The van der Waals surface area contributed by atoms with Gasteiger partial charge in [0.25, 0.3) is 11.5 Å². The molecule has 1 aromatic carbocycles. The number of aromatic nitrogens is 3. The summed E-state index contributed by atoms with van der Waals surface area (Å²) in [7, 11) is 0. The average molecular weight is 488 g/mol. The molecule has 1 aliphatic carbocycles. The molecule has 0 saturated heterocycles. The van der Waals surface area contributed by atoms with E-state index in [-0.39, 0.29) is 29.3 Å². The van der Waals surface area contributed by atoms with Crippen LogP contribution >= 0.6 is 0 Å². The molecular weight excluding hydrogens is 469 g/mol. The van der Waals surface area contributed by atoms with Gasteiger partial charge >= 0.3 is 12.1 Å². The van der Waals surface area contributed by atoms with E-state index in [2.05, 4.69) is 20.1 Å². The number of Topliss-reactive ketones (excluding diaryl/α,β-unsaturated/α-hetero) is 1. The lowest BCUT2D eigenvalue weighted by Gasteiger charge is -2.15. The molecular formula is C23H19F3N4O5. The van der Waals surface area contributed by atoms with Crippen molar-refractivity contribution in [3.8, 4) is 5.69 Å². The minimum Gasteiger partial charge on any atom is -0.462 e. The van der Waals surface area contributed by atoms with E-state index in [9.17, 15) is 32.3 Å². The molecule has 2 aromatic heterocycles. The highest BCUT2D eigenvalue weighted by atomic mass is 19.4. The summed E-state index contributed by atoms with van der Waals surface area (Å²) in [6.07, 6.45) is -2.64. The number of hydrogen-bond donors (Lipinski definition) is 2. The zero-order valence-electron chi connectivity index (χ0n) is 18.4. The first-order chi connectivity index (χ1) is 16.6. The molecule has 1 aliphatic rings. The number of hydrogen-bond acceptors (Lipinski definition) is 6. The Morgan fingerprint density at radius 3 is 2.51 bits per heavy atom. The van der Waals surface area contributed by atoms with Gasteiger partial charge in [0.05, 0.1) is 18.5 Å². The molecule has 0 unspecified atom stereocenters. The predicted octanol–water partition coefficient (Wildman–Crippen LogP) is 3.53. The summed E-state index contributed by atoms with van der Waals surface area (Å²) in [4.78, 5) is 51.6. The Bertz CT molecular complexity index is 1370. The number of H-pyrrole nitrogens is 1. The lowest BCUT2D eigenvalue weighted by Crippen LogP contribution is -2.27. The smallest absolute Gasteiger partial charge is 0.434 e. The summed E-state index contributed by atoms with van der Waals surface area (Å²) < 4.78 is 46.2. The number of amides is 1. The summed E-state index contributed by atoms with van der Waals surface area (Å²) in [5.41, 5.74) is -1.97. The van der Waals surface area contributed by atoms with Crippen LogP contribution in [0.5, 0.6) is 0 Å². The first kappa shape index (κ1) is 23.9. The number of ketones is 1. The summed E-state index contributed by atoms with van der Waals surface area (Å²) >= 11 is 0. The third kappa shape index (κ3) is 4.72. The largest absolute Gasteiger partial charge is 0.462 e. The molecule has 182 valence electrons. The topological polar surface area (TPSA) is 123 Å². The Kier molecular flexibility index (Phi) is 6.29. The molecule has 0 spiro atoms. The van der Waals surface area contributed by atoms with Gasteiger partial charge in [0.15, 0.2) is 11.5 Å². The number of nitrogens with one attached hydrogen (secondary N) is 2. The highest BCUT2D eigenvalue weighted by Crippen LogP contribution is 2.34. The molecule has 9 nitrogen and oxygen atoms in total. The number of aromatic amines is 1. The van der Waals surface area contributed by atoms with Gasteiger partial charge in [-0.15, -0.1) is 0 Å². The molecule has 4 rings (SSSR count). The van der Waals surface area contributed by atoms with Crippen LogP contribution in [0, 0.1) is 0 Å². The molecule has 0 radical (unpaired) electrons. The van der Waals surface area contributed by atoms with Crippen LogP contribution < -0.4 is 10.9 Å². The predicted molar refractivity (Wildman–Crippen MR) is 117 cm³/mol. The lowest BCUT2D eigenvalue weighted by molar-refractivity contribution is -0.143. The van der Waals surface area contributed by atoms with Crippen LogP contribution in [-0.2, 0) is 17.3 Å². The van der Waals surface area contributed by atoms with Crippen molar-refractivity contribution in [3.05, 3.63) is 75.0 Å². The van der Waals surface area contributed by atoms with Crippen molar-refractivity contribution in [1.82, 2.24) is 14.8 Å². The van der Waals surface area contributed by atoms with Gasteiger partial charge in [-0.05, 0) is 50.1 Å². The molecule has 3 aromatic rings. The Morgan fingerprint density at radius 2 is 1.86 bits per heavy atom. The van der Waals surface area contributed by atoms with Crippen LogP contribution in [0.25, 0.3) is 5.69 Å². The lowest BCUT2D eigenvalue weighted by atomic mass is 9.93. The standard InChI is InChI=1S/C23H19F3N4O5/c1-2-35-22(34)16-11-27-30(19(16)23(24,25)26)13-8-6-12(7-9-13)28-20(32)15-10-14-17(29-21(15)33)4-3-5-18(14)31/h6-11H,2-5H2,1H3,(H,28,32)(H,29,33). The average Bonchev–Trinajstić information content (AvgIpc) is 3.26. The van der Waals surface area contributed by atoms with Gasteiger partial charge in [-0.25, -0.2) is 9.48 Å². The number of anilines is 1. The second kappa shape index (κ2) is 9.20. The van der Waals surface area contributed by atoms with E-state index >= 15 is 0 Å². The van der Waals surface area contributed by atoms with Crippen LogP contribution in [-0.4, -0.2) is 39.0 Å². The maximum Gasteiger partial charge on any atom is 0.434 e. The monoisotopic (exact) mass is 488 g/mol. The van der Waals surface area contributed by atoms with Crippen molar-refractivity contribution >= 4 is 23.3 Å². The third-order valence-corrected chi connectivity index (χ3v) is 5.40. The Morgan fingerprint density at radius 1 is 1.14 bits per heavy atom. The molecule has 2 N–H and O–H groups in total. The van der Waals surface area contributed by atoms with E-state index in [1.165, 1.54) is 37.3 Å². The van der Waals surface area contributed by atoms with Crippen LogP contribution in [0.15, 0.2) is 41.3 Å². The molecule has 2 heterocycles. The molecule has 35 heavy (non-hydrogen) atoms. The second-order valence-corrected chi connectivity index (χ2v) is 7.72. The quantitative estimate of drug-likeness (QED) is 0.530. The first-order valence-electron chi connectivity index (χ1n) is 10.6. The fourth-order valence-corrected chi connectivity index (χ4v) is 3.80. The normalized spacial score (nSPS) is 13.3.